The maximum atomic E-state index is 10.3. The molecule has 0 saturated carbocycles. The van der Waals surface area contributed by atoms with Crippen molar-refractivity contribution >= 4 is 11.6 Å². The van der Waals surface area contributed by atoms with E-state index in [4.69, 9.17) is 11.6 Å². The largest absolute Gasteiger partial charge is 0.383 e. The van der Waals surface area contributed by atoms with Crippen molar-refractivity contribution in [2.45, 2.75) is 26.5 Å². The highest BCUT2D eigenvalue weighted by Crippen LogP contribution is 2.28. The SMILES string of the molecule is CCn1cc(C(O)c2cn(C)nc2C)c(Cl)n1. The molecule has 0 aromatic carbocycles. The van der Waals surface area contributed by atoms with E-state index in [-0.39, 0.29) is 0 Å². The van der Waals surface area contributed by atoms with Gasteiger partial charge in [-0.3, -0.25) is 9.36 Å². The number of rotatable bonds is 3. The number of halogens is 1. The zero-order valence-corrected chi connectivity index (χ0v) is 10.8. The Hall–Kier alpha value is -1.33. The van der Waals surface area contributed by atoms with Crippen LogP contribution in [0.1, 0.15) is 29.8 Å². The number of aryl methyl sites for hydroxylation is 3. The minimum absolute atomic E-state index is 0.336. The van der Waals surface area contributed by atoms with Crippen molar-refractivity contribution in [2.24, 2.45) is 7.05 Å². The molecule has 0 saturated heterocycles. The third-order valence-electron chi connectivity index (χ3n) is 2.71. The van der Waals surface area contributed by atoms with Crippen LogP contribution in [0, 0.1) is 6.92 Å². The monoisotopic (exact) mass is 254 g/mol. The van der Waals surface area contributed by atoms with Gasteiger partial charge in [0.15, 0.2) is 5.15 Å². The molecule has 0 fully saturated rings. The highest BCUT2D eigenvalue weighted by atomic mass is 35.5. The summed E-state index contributed by atoms with van der Waals surface area (Å²) in [6.07, 6.45) is 2.77. The topological polar surface area (TPSA) is 55.9 Å². The highest BCUT2D eigenvalue weighted by Gasteiger charge is 2.20. The van der Waals surface area contributed by atoms with E-state index in [0.29, 0.717) is 10.7 Å². The number of hydrogen-bond donors (Lipinski definition) is 1. The Balaban J connectivity index is 2.39. The van der Waals surface area contributed by atoms with Gasteiger partial charge in [-0.1, -0.05) is 11.6 Å². The molecule has 2 aromatic heterocycles. The summed E-state index contributed by atoms with van der Waals surface area (Å²) in [6.45, 7) is 4.55. The van der Waals surface area contributed by atoms with Gasteiger partial charge in [0.1, 0.15) is 6.10 Å². The average molecular weight is 255 g/mol. The maximum absolute atomic E-state index is 10.3. The van der Waals surface area contributed by atoms with Crippen molar-refractivity contribution in [2.75, 3.05) is 0 Å². The third-order valence-corrected chi connectivity index (χ3v) is 3.00. The third kappa shape index (κ3) is 2.21. The summed E-state index contributed by atoms with van der Waals surface area (Å²) in [5.41, 5.74) is 2.16. The van der Waals surface area contributed by atoms with Crippen molar-refractivity contribution in [3.05, 3.63) is 34.4 Å². The molecule has 1 unspecified atom stereocenters. The average Bonchev–Trinajstić information content (AvgIpc) is 2.81. The molecule has 0 radical (unpaired) electrons. The Bertz CT molecular complexity index is 532. The summed E-state index contributed by atoms with van der Waals surface area (Å²) in [7, 11) is 1.82. The fraction of sp³-hybridized carbons (Fsp3) is 0.455. The molecule has 17 heavy (non-hydrogen) atoms. The lowest BCUT2D eigenvalue weighted by Crippen LogP contribution is -2.00. The van der Waals surface area contributed by atoms with Gasteiger partial charge in [-0.2, -0.15) is 10.2 Å². The van der Waals surface area contributed by atoms with Crippen LogP contribution in [0.25, 0.3) is 0 Å². The zero-order chi connectivity index (χ0) is 12.6. The Kier molecular flexibility index (Phi) is 3.22. The number of aromatic nitrogens is 4. The molecular formula is C11H15ClN4O. The Morgan fingerprint density at radius 1 is 1.35 bits per heavy atom. The van der Waals surface area contributed by atoms with Gasteiger partial charge < -0.3 is 5.11 Å². The standard InChI is InChI=1S/C11H15ClN4O/c1-4-16-6-9(11(12)14-16)10(17)8-5-15(3)13-7(8)2/h5-6,10,17H,4H2,1-3H3. The second kappa shape index (κ2) is 4.50. The quantitative estimate of drug-likeness (QED) is 0.907. The van der Waals surface area contributed by atoms with E-state index in [2.05, 4.69) is 10.2 Å². The van der Waals surface area contributed by atoms with Crippen molar-refractivity contribution in [3.8, 4) is 0 Å². The molecule has 92 valence electrons. The minimum Gasteiger partial charge on any atom is -0.383 e. The van der Waals surface area contributed by atoms with Gasteiger partial charge in [-0.25, -0.2) is 0 Å². The summed E-state index contributed by atoms with van der Waals surface area (Å²) >= 11 is 6.01. The first-order valence-corrected chi connectivity index (χ1v) is 5.81. The van der Waals surface area contributed by atoms with Gasteiger partial charge >= 0.3 is 0 Å². The Morgan fingerprint density at radius 2 is 2.06 bits per heavy atom. The van der Waals surface area contributed by atoms with Crippen molar-refractivity contribution < 1.29 is 5.11 Å². The lowest BCUT2D eigenvalue weighted by molar-refractivity contribution is 0.219. The molecule has 0 amide bonds. The Labute approximate surface area is 105 Å². The number of hydrogen-bond acceptors (Lipinski definition) is 3. The molecule has 2 heterocycles. The van der Waals surface area contributed by atoms with Crippen LogP contribution in [0.3, 0.4) is 0 Å². The normalized spacial score (nSPS) is 13.0. The lowest BCUT2D eigenvalue weighted by atomic mass is 10.1. The first-order chi connectivity index (χ1) is 8.02. The van der Waals surface area contributed by atoms with Crippen molar-refractivity contribution in [3.63, 3.8) is 0 Å². The van der Waals surface area contributed by atoms with Gasteiger partial charge in [0.2, 0.25) is 0 Å². The molecule has 0 bridgehead atoms. The van der Waals surface area contributed by atoms with E-state index in [1.165, 1.54) is 0 Å². The van der Waals surface area contributed by atoms with E-state index in [1.807, 2.05) is 20.9 Å². The molecule has 0 spiro atoms. The van der Waals surface area contributed by atoms with E-state index >= 15 is 0 Å². The Morgan fingerprint density at radius 3 is 2.53 bits per heavy atom. The predicted molar refractivity (Wildman–Crippen MR) is 64.9 cm³/mol. The second-order valence-corrected chi connectivity index (χ2v) is 4.34. The van der Waals surface area contributed by atoms with Crippen LogP contribution in [-0.2, 0) is 13.6 Å². The summed E-state index contributed by atoms with van der Waals surface area (Å²) < 4.78 is 3.37. The zero-order valence-electron chi connectivity index (χ0n) is 10.1. The predicted octanol–water partition coefficient (Wildman–Crippen LogP) is 1.68. The molecular weight excluding hydrogens is 240 g/mol. The molecule has 0 aliphatic carbocycles. The molecule has 1 atom stereocenters. The molecule has 5 nitrogen and oxygen atoms in total. The van der Waals surface area contributed by atoms with Crippen LogP contribution in [0.2, 0.25) is 5.15 Å². The van der Waals surface area contributed by atoms with E-state index in [9.17, 15) is 5.11 Å². The summed E-state index contributed by atoms with van der Waals surface area (Å²) in [5.74, 6) is 0. The molecule has 1 N–H and O–H groups in total. The summed E-state index contributed by atoms with van der Waals surface area (Å²) in [4.78, 5) is 0. The van der Waals surface area contributed by atoms with E-state index < -0.39 is 6.10 Å². The smallest absolute Gasteiger partial charge is 0.157 e. The van der Waals surface area contributed by atoms with Crippen LogP contribution in [0.5, 0.6) is 0 Å². The molecule has 2 aromatic rings. The lowest BCUT2D eigenvalue weighted by Gasteiger charge is -2.07. The van der Waals surface area contributed by atoms with Crippen LogP contribution in [0.15, 0.2) is 12.4 Å². The van der Waals surface area contributed by atoms with E-state index in [1.54, 1.807) is 21.8 Å². The maximum Gasteiger partial charge on any atom is 0.157 e. The van der Waals surface area contributed by atoms with Crippen LogP contribution in [-0.4, -0.2) is 24.7 Å². The fourth-order valence-corrected chi connectivity index (χ4v) is 2.06. The van der Waals surface area contributed by atoms with Crippen molar-refractivity contribution in [1.82, 2.24) is 19.6 Å². The number of nitrogens with zero attached hydrogens (tertiary/aromatic N) is 4. The van der Waals surface area contributed by atoms with Crippen LogP contribution in [0.4, 0.5) is 0 Å². The molecule has 2 rings (SSSR count). The van der Waals surface area contributed by atoms with Gasteiger partial charge in [0, 0.05) is 37.1 Å². The van der Waals surface area contributed by atoms with Crippen molar-refractivity contribution in [1.29, 1.82) is 0 Å². The van der Waals surface area contributed by atoms with E-state index in [0.717, 1.165) is 17.8 Å². The van der Waals surface area contributed by atoms with Gasteiger partial charge in [0.25, 0.3) is 0 Å². The molecule has 0 aliphatic heterocycles. The first-order valence-electron chi connectivity index (χ1n) is 5.44. The second-order valence-electron chi connectivity index (χ2n) is 3.98. The number of aliphatic hydroxyl groups is 1. The number of aliphatic hydroxyl groups excluding tert-OH is 1. The van der Waals surface area contributed by atoms with Gasteiger partial charge in [-0.15, -0.1) is 0 Å². The molecule has 6 heteroatoms. The fourth-order valence-electron chi connectivity index (χ4n) is 1.81. The van der Waals surface area contributed by atoms with Gasteiger partial charge in [0.05, 0.1) is 5.69 Å². The highest BCUT2D eigenvalue weighted by molar-refractivity contribution is 6.30. The summed E-state index contributed by atoms with van der Waals surface area (Å²) in [6, 6.07) is 0. The van der Waals surface area contributed by atoms with Crippen LogP contribution >= 0.6 is 11.6 Å². The minimum atomic E-state index is -0.781. The summed E-state index contributed by atoms with van der Waals surface area (Å²) in [5, 5.41) is 18.9. The van der Waals surface area contributed by atoms with Crippen LogP contribution < -0.4 is 0 Å². The molecule has 0 aliphatic rings. The van der Waals surface area contributed by atoms with Gasteiger partial charge in [-0.05, 0) is 13.8 Å². The first kappa shape index (κ1) is 12.1.